The molecular formula is C18H20Cl2N2. The third kappa shape index (κ3) is 3.16. The van der Waals surface area contributed by atoms with E-state index < -0.39 is 5.54 Å². The zero-order chi connectivity index (χ0) is 15.6. The van der Waals surface area contributed by atoms with E-state index in [1.54, 1.807) is 0 Å². The van der Waals surface area contributed by atoms with Crippen LogP contribution >= 0.6 is 23.2 Å². The van der Waals surface area contributed by atoms with Crippen LogP contribution in [0.2, 0.25) is 10.0 Å². The molecule has 0 spiro atoms. The molecule has 4 heteroatoms. The Balaban J connectivity index is 2.00. The van der Waals surface area contributed by atoms with Crippen molar-refractivity contribution in [2.45, 2.75) is 30.8 Å². The molecule has 0 aromatic heterocycles. The molecule has 1 aliphatic rings. The lowest BCUT2D eigenvalue weighted by molar-refractivity contribution is 0.323. The van der Waals surface area contributed by atoms with E-state index in [1.165, 1.54) is 5.56 Å². The van der Waals surface area contributed by atoms with Crippen LogP contribution in [-0.4, -0.2) is 12.6 Å². The SMILES string of the molecule is NC(Cc1ccccc1)(c1ccc(Cl)c(Cl)c1)[C@@H]1CCCN1. The molecule has 1 heterocycles. The van der Waals surface area contributed by atoms with Gasteiger partial charge in [0, 0.05) is 6.04 Å². The second kappa shape index (κ2) is 6.59. The molecule has 2 atom stereocenters. The fourth-order valence-electron chi connectivity index (χ4n) is 3.27. The van der Waals surface area contributed by atoms with Gasteiger partial charge in [0.05, 0.1) is 15.6 Å². The van der Waals surface area contributed by atoms with Crippen LogP contribution in [-0.2, 0) is 12.0 Å². The standard InChI is InChI=1S/C18H20Cl2N2/c19-15-9-8-14(11-16(15)20)18(21,17-7-4-10-22-17)12-13-5-2-1-3-6-13/h1-3,5-6,8-9,11,17,22H,4,7,10,12,21H2/t17-,18?/m0/s1. The summed E-state index contributed by atoms with van der Waals surface area (Å²) in [5, 5.41) is 4.67. The Morgan fingerprint density at radius 3 is 2.50 bits per heavy atom. The smallest absolute Gasteiger partial charge is 0.0606 e. The molecule has 116 valence electrons. The van der Waals surface area contributed by atoms with Crippen LogP contribution in [0.3, 0.4) is 0 Å². The first-order valence-corrected chi connectivity index (χ1v) is 8.37. The fraction of sp³-hybridized carbons (Fsp3) is 0.333. The highest BCUT2D eigenvalue weighted by molar-refractivity contribution is 6.42. The average molecular weight is 335 g/mol. The summed E-state index contributed by atoms with van der Waals surface area (Å²) in [5.74, 6) is 0. The van der Waals surface area contributed by atoms with Crippen molar-refractivity contribution in [1.29, 1.82) is 0 Å². The molecule has 0 saturated carbocycles. The van der Waals surface area contributed by atoms with Gasteiger partial charge in [-0.1, -0.05) is 59.6 Å². The van der Waals surface area contributed by atoms with E-state index in [0.29, 0.717) is 10.0 Å². The predicted octanol–water partition coefficient (Wildman–Crippen LogP) is 4.14. The minimum atomic E-state index is -0.494. The van der Waals surface area contributed by atoms with Gasteiger partial charge in [-0.25, -0.2) is 0 Å². The Morgan fingerprint density at radius 1 is 1.09 bits per heavy atom. The van der Waals surface area contributed by atoms with Crippen LogP contribution in [0.1, 0.15) is 24.0 Å². The number of rotatable bonds is 4. The second-order valence-electron chi connectivity index (χ2n) is 5.98. The third-order valence-electron chi connectivity index (χ3n) is 4.48. The van der Waals surface area contributed by atoms with E-state index in [0.717, 1.165) is 31.4 Å². The van der Waals surface area contributed by atoms with Crippen molar-refractivity contribution in [1.82, 2.24) is 5.32 Å². The quantitative estimate of drug-likeness (QED) is 0.881. The summed E-state index contributed by atoms with van der Waals surface area (Å²) in [5.41, 5.74) is 8.68. The third-order valence-corrected chi connectivity index (χ3v) is 5.22. The van der Waals surface area contributed by atoms with Crippen molar-refractivity contribution in [2.24, 2.45) is 5.73 Å². The fourth-order valence-corrected chi connectivity index (χ4v) is 3.57. The molecule has 1 saturated heterocycles. The zero-order valence-corrected chi connectivity index (χ0v) is 13.9. The van der Waals surface area contributed by atoms with E-state index in [2.05, 4.69) is 17.4 Å². The van der Waals surface area contributed by atoms with Gasteiger partial charge < -0.3 is 11.1 Å². The topological polar surface area (TPSA) is 38.0 Å². The molecule has 0 aliphatic carbocycles. The Kier molecular flexibility index (Phi) is 4.74. The van der Waals surface area contributed by atoms with Crippen LogP contribution in [0.5, 0.6) is 0 Å². The first kappa shape index (κ1) is 15.8. The summed E-state index contributed by atoms with van der Waals surface area (Å²) in [4.78, 5) is 0. The van der Waals surface area contributed by atoms with Gasteiger partial charge in [-0.15, -0.1) is 0 Å². The van der Waals surface area contributed by atoms with Crippen LogP contribution in [0.15, 0.2) is 48.5 Å². The Hall–Kier alpha value is -1.06. The molecule has 22 heavy (non-hydrogen) atoms. The molecule has 1 aliphatic heterocycles. The normalized spacial score (nSPS) is 20.8. The Bertz CT molecular complexity index is 639. The lowest BCUT2D eigenvalue weighted by atomic mass is 9.78. The van der Waals surface area contributed by atoms with Gasteiger partial charge in [-0.05, 0) is 49.1 Å². The number of hydrogen-bond acceptors (Lipinski definition) is 2. The maximum atomic E-state index is 6.91. The first-order valence-electron chi connectivity index (χ1n) is 7.61. The van der Waals surface area contributed by atoms with Crippen molar-refractivity contribution in [3.63, 3.8) is 0 Å². The van der Waals surface area contributed by atoms with E-state index in [-0.39, 0.29) is 6.04 Å². The molecule has 0 amide bonds. The van der Waals surface area contributed by atoms with Gasteiger partial charge in [0.25, 0.3) is 0 Å². The predicted molar refractivity (Wildman–Crippen MR) is 93.5 cm³/mol. The highest BCUT2D eigenvalue weighted by Crippen LogP contribution is 2.34. The van der Waals surface area contributed by atoms with Gasteiger partial charge in [-0.2, -0.15) is 0 Å². The first-order chi connectivity index (χ1) is 10.6. The van der Waals surface area contributed by atoms with E-state index >= 15 is 0 Å². The maximum Gasteiger partial charge on any atom is 0.0606 e. The Morgan fingerprint density at radius 2 is 1.86 bits per heavy atom. The molecule has 2 aromatic rings. The average Bonchev–Trinajstić information content (AvgIpc) is 3.06. The van der Waals surface area contributed by atoms with E-state index in [9.17, 15) is 0 Å². The summed E-state index contributed by atoms with van der Waals surface area (Å²) in [6.45, 7) is 1.01. The minimum Gasteiger partial charge on any atom is -0.320 e. The van der Waals surface area contributed by atoms with Crippen molar-refractivity contribution >= 4 is 23.2 Å². The van der Waals surface area contributed by atoms with Crippen molar-refractivity contribution in [3.05, 3.63) is 69.7 Å². The molecule has 1 fully saturated rings. The van der Waals surface area contributed by atoms with Gasteiger partial charge in [-0.3, -0.25) is 0 Å². The monoisotopic (exact) mass is 334 g/mol. The molecule has 0 radical (unpaired) electrons. The molecular weight excluding hydrogens is 315 g/mol. The van der Waals surface area contributed by atoms with Crippen LogP contribution in [0, 0.1) is 0 Å². The number of nitrogens with two attached hydrogens (primary N) is 1. The number of halogens is 2. The second-order valence-corrected chi connectivity index (χ2v) is 6.79. The number of nitrogens with one attached hydrogen (secondary N) is 1. The number of hydrogen-bond donors (Lipinski definition) is 2. The molecule has 2 aromatic carbocycles. The minimum absolute atomic E-state index is 0.241. The van der Waals surface area contributed by atoms with Crippen LogP contribution in [0.25, 0.3) is 0 Å². The highest BCUT2D eigenvalue weighted by atomic mass is 35.5. The van der Waals surface area contributed by atoms with Crippen LogP contribution in [0.4, 0.5) is 0 Å². The molecule has 0 bridgehead atoms. The van der Waals surface area contributed by atoms with Gasteiger partial charge in [0.2, 0.25) is 0 Å². The van der Waals surface area contributed by atoms with Crippen molar-refractivity contribution in [2.75, 3.05) is 6.54 Å². The van der Waals surface area contributed by atoms with Crippen LogP contribution < -0.4 is 11.1 Å². The van der Waals surface area contributed by atoms with E-state index in [1.807, 2.05) is 36.4 Å². The van der Waals surface area contributed by atoms with Crippen molar-refractivity contribution < 1.29 is 0 Å². The summed E-state index contributed by atoms with van der Waals surface area (Å²) >= 11 is 12.3. The van der Waals surface area contributed by atoms with Gasteiger partial charge >= 0.3 is 0 Å². The molecule has 1 unspecified atom stereocenters. The van der Waals surface area contributed by atoms with Crippen molar-refractivity contribution in [3.8, 4) is 0 Å². The lowest BCUT2D eigenvalue weighted by Gasteiger charge is -2.36. The zero-order valence-electron chi connectivity index (χ0n) is 12.4. The molecule has 2 nitrogen and oxygen atoms in total. The number of benzene rings is 2. The van der Waals surface area contributed by atoms with E-state index in [4.69, 9.17) is 28.9 Å². The summed E-state index contributed by atoms with van der Waals surface area (Å²) in [6, 6.07) is 16.3. The largest absolute Gasteiger partial charge is 0.320 e. The van der Waals surface area contributed by atoms with Gasteiger partial charge in [0.15, 0.2) is 0 Å². The summed E-state index contributed by atoms with van der Waals surface area (Å²) in [7, 11) is 0. The molecule has 3 rings (SSSR count). The highest BCUT2D eigenvalue weighted by Gasteiger charge is 2.38. The molecule has 3 N–H and O–H groups in total. The lowest BCUT2D eigenvalue weighted by Crippen LogP contribution is -2.53. The Labute approximate surface area is 141 Å². The van der Waals surface area contributed by atoms with Gasteiger partial charge in [0.1, 0.15) is 0 Å². The summed E-state index contributed by atoms with van der Waals surface area (Å²) < 4.78 is 0. The summed E-state index contributed by atoms with van der Waals surface area (Å²) in [6.07, 6.45) is 2.99. The maximum absolute atomic E-state index is 6.91.